The molecule has 0 aliphatic heterocycles. The SMILES string of the molecule is CCOC(=O)CN(CC)C(C)C(=O)OC. The molecule has 1 atom stereocenters. The van der Waals surface area contributed by atoms with E-state index in [0.717, 1.165) is 0 Å². The minimum atomic E-state index is -0.426. The normalized spacial score (nSPS) is 12.3. The molecule has 0 aromatic carbocycles. The predicted molar refractivity (Wildman–Crippen MR) is 55.4 cm³/mol. The summed E-state index contributed by atoms with van der Waals surface area (Å²) < 4.78 is 9.41. The molecule has 0 bridgehead atoms. The van der Waals surface area contributed by atoms with Gasteiger partial charge in [0.05, 0.1) is 20.3 Å². The van der Waals surface area contributed by atoms with E-state index in [-0.39, 0.29) is 18.5 Å². The number of ether oxygens (including phenoxy) is 2. The lowest BCUT2D eigenvalue weighted by molar-refractivity contribution is -0.150. The highest BCUT2D eigenvalue weighted by molar-refractivity contribution is 5.77. The zero-order valence-corrected chi connectivity index (χ0v) is 9.78. The Morgan fingerprint density at radius 1 is 1.33 bits per heavy atom. The maximum Gasteiger partial charge on any atom is 0.322 e. The maximum absolute atomic E-state index is 11.2. The van der Waals surface area contributed by atoms with Crippen LogP contribution < -0.4 is 0 Å². The topological polar surface area (TPSA) is 55.8 Å². The van der Waals surface area contributed by atoms with Gasteiger partial charge >= 0.3 is 11.9 Å². The second-order valence-corrected chi connectivity index (χ2v) is 3.07. The van der Waals surface area contributed by atoms with Crippen molar-refractivity contribution in [3.05, 3.63) is 0 Å². The third-order valence-corrected chi connectivity index (χ3v) is 2.13. The summed E-state index contributed by atoms with van der Waals surface area (Å²) in [7, 11) is 1.33. The number of hydrogen-bond donors (Lipinski definition) is 0. The van der Waals surface area contributed by atoms with Crippen LogP contribution in [-0.4, -0.2) is 49.7 Å². The fourth-order valence-electron chi connectivity index (χ4n) is 1.21. The molecule has 0 N–H and O–H groups in total. The van der Waals surface area contributed by atoms with Crippen molar-refractivity contribution in [2.24, 2.45) is 0 Å². The van der Waals surface area contributed by atoms with E-state index in [1.165, 1.54) is 7.11 Å². The van der Waals surface area contributed by atoms with Gasteiger partial charge in [-0.1, -0.05) is 6.92 Å². The molecule has 0 rings (SSSR count). The zero-order valence-electron chi connectivity index (χ0n) is 9.78. The van der Waals surface area contributed by atoms with Gasteiger partial charge in [0.2, 0.25) is 0 Å². The molecule has 0 fully saturated rings. The van der Waals surface area contributed by atoms with Crippen molar-refractivity contribution in [1.29, 1.82) is 0 Å². The average molecular weight is 217 g/mol. The third-order valence-electron chi connectivity index (χ3n) is 2.13. The highest BCUT2D eigenvalue weighted by Crippen LogP contribution is 2.01. The second kappa shape index (κ2) is 7.23. The van der Waals surface area contributed by atoms with Crippen molar-refractivity contribution in [1.82, 2.24) is 4.90 Å². The Bertz CT molecular complexity index is 217. The van der Waals surface area contributed by atoms with E-state index in [4.69, 9.17) is 4.74 Å². The van der Waals surface area contributed by atoms with Gasteiger partial charge < -0.3 is 9.47 Å². The van der Waals surface area contributed by atoms with Crippen LogP contribution in [0.25, 0.3) is 0 Å². The van der Waals surface area contributed by atoms with Gasteiger partial charge in [-0.25, -0.2) is 0 Å². The van der Waals surface area contributed by atoms with Crippen LogP contribution in [0.1, 0.15) is 20.8 Å². The Kier molecular flexibility index (Phi) is 6.70. The Morgan fingerprint density at radius 3 is 2.33 bits per heavy atom. The number of rotatable bonds is 6. The van der Waals surface area contributed by atoms with Crippen LogP contribution in [0.3, 0.4) is 0 Å². The summed E-state index contributed by atoms with van der Waals surface area (Å²) in [6.45, 7) is 6.38. The van der Waals surface area contributed by atoms with Gasteiger partial charge in [-0.15, -0.1) is 0 Å². The molecule has 15 heavy (non-hydrogen) atoms. The lowest BCUT2D eigenvalue weighted by atomic mass is 10.3. The maximum atomic E-state index is 11.2. The monoisotopic (exact) mass is 217 g/mol. The lowest BCUT2D eigenvalue weighted by Gasteiger charge is -2.24. The summed E-state index contributed by atoms with van der Waals surface area (Å²) in [5, 5.41) is 0. The Morgan fingerprint density at radius 2 is 1.93 bits per heavy atom. The molecule has 0 spiro atoms. The predicted octanol–water partition coefficient (Wildman–Crippen LogP) is 0.433. The second-order valence-electron chi connectivity index (χ2n) is 3.07. The van der Waals surface area contributed by atoms with Gasteiger partial charge in [0.1, 0.15) is 6.04 Å². The fourth-order valence-corrected chi connectivity index (χ4v) is 1.21. The van der Waals surface area contributed by atoms with E-state index in [1.54, 1.807) is 18.7 Å². The lowest BCUT2D eigenvalue weighted by Crippen LogP contribution is -2.42. The number of carbonyl (C=O) groups excluding carboxylic acids is 2. The number of methoxy groups -OCH3 is 1. The summed E-state index contributed by atoms with van der Waals surface area (Å²) in [5.41, 5.74) is 0. The van der Waals surface area contributed by atoms with Crippen LogP contribution >= 0.6 is 0 Å². The van der Waals surface area contributed by atoms with E-state index >= 15 is 0 Å². The standard InChI is InChI=1S/C10H19NO4/c1-5-11(7-9(12)15-6-2)8(3)10(13)14-4/h8H,5-7H2,1-4H3. The van der Waals surface area contributed by atoms with Crippen molar-refractivity contribution in [2.45, 2.75) is 26.8 Å². The van der Waals surface area contributed by atoms with Crippen LogP contribution in [0.15, 0.2) is 0 Å². The minimum absolute atomic E-state index is 0.112. The van der Waals surface area contributed by atoms with Crippen LogP contribution in [0.4, 0.5) is 0 Å². The van der Waals surface area contributed by atoms with E-state index < -0.39 is 6.04 Å². The molecule has 0 saturated heterocycles. The van der Waals surface area contributed by atoms with Gasteiger partial charge in [0, 0.05) is 0 Å². The van der Waals surface area contributed by atoms with Gasteiger partial charge in [0.15, 0.2) is 0 Å². The molecule has 88 valence electrons. The van der Waals surface area contributed by atoms with Crippen molar-refractivity contribution >= 4 is 11.9 Å². The van der Waals surface area contributed by atoms with E-state index in [9.17, 15) is 9.59 Å². The quantitative estimate of drug-likeness (QED) is 0.604. The number of hydrogen-bond acceptors (Lipinski definition) is 5. The molecule has 0 aromatic heterocycles. The van der Waals surface area contributed by atoms with E-state index in [1.807, 2.05) is 6.92 Å². The fraction of sp³-hybridized carbons (Fsp3) is 0.800. The smallest absolute Gasteiger partial charge is 0.322 e. The molecule has 0 aliphatic rings. The van der Waals surface area contributed by atoms with Gasteiger partial charge in [-0.05, 0) is 20.4 Å². The minimum Gasteiger partial charge on any atom is -0.468 e. The third kappa shape index (κ3) is 4.78. The first kappa shape index (κ1) is 13.9. The van der Waals surface area contributed by atoms with Crippen molar-refractivity contribution < 1.29 is 19.1 Å². The Hall–Kier alpha value is -1.10. The summed E-state index contributed by atoms with van der Waals surface area (Å²) in [4.78, 5) is 24.1. The van der Waals surface area contributed by atoms with Crippen LogP contribution in [-0.2, 0) is 19.1 Å². The Labute approximate surface area is 90.3 Å². The van der Waals surface area contributed by atoms with Crippen LogP contribution in [0.2, 0.25) is 0 Å². The molecule has 0 radical (unpaired) electrons. The van der Waals surface area contributed by atoms with E-state index in [2.05, 4.69) is 4.74 Å². The van der Waals surface area contributed by atoms with E-state index in [0.29, 0.717) is 13.2 Å². The van der Waals surface area contributed by atoms with Crippen LogP contribution in [0, 0.1) is 0 Å². The van der Waals surface area contributed by atoms with Crippen LogP contribution in [0.5, 0.6) is 0 Å². The molecular weight excluding hydrogens is 198 g/mol. The summed E-state index contributed by atoms with van der Waals surface area (Å²) >= 11 is 0. The Balaban J connectivity index is 4.23. The molecule has 5 nitrogen and oxygen atoms in total. The number of nitrogens with zero attached hydrogens (tertiary/aromatic N) is 1. The number of esters is 2. The summed E-state index contributed by atoms with van der Waals surface area (Å²) in [6.07, 6.45) is 0. The summed E-state index contributed by atoms with van der Waals surface area (Å²) in [5.74, 6) is -0.670. The van der Waals surface area contributed by atoms with Gasteiger partial charge in [0.25, 0.3) is 0 Å². The number of likely N-dealkylation sites (N-methyl/N-ethyl adjacent to an activating group) is 1. The molecule has 0 heterocycles. The zero-order chi connectivity index (χ0) is 11.8. The molecule has 1 unspecified atom stereocenters. The van der Waals surface area contributed by atoms with Crippen molar-refractivity contribution in [3.8, 4) is 0 Å². The average Bonchev–Trinajstić information content (AvgIpc) is 2.24. The van der Waals surface area contributed by atoms with Gasteiger partial charge in [-0.2, -0.15) is 0 Å². The molecule has 5 heteroatoms. The first-order chi connectivity index (χ1) is 7.06. The molecule has 0 saturated carbocycles. The van der Waals surface area contributed by atoms with Crippen molar-refractivity contribution in [3.63, 3.8) is 0 Å². The highest BCUT2D eigenvalue weighted by Gasteiger charge is 2.22. The highest BCUT2D eigenvalue weighted by atomic mass is 16.5. The molecule has 0 aromatic rings. The molecule has 0 amide bonds. The van der Waals surface area contributed by atoms with Crippen molar-refractivity contribution in [2.75, 3.05) is 26.8 Å². The first-order valence-corrected chi connectivity index (χ1v) is 5.04. The van der Waals surface area contributed by atoms with Gasteiger partial charge in [-0.3, -0.25) is 14.5 Å². The summed E-state index contributed by atoms with van der Waals surface area (Å²) in [6, 6.07) is -0.426. The molecular formula is C10H19NO4. The first-order valence-electron chi connectivity index (χ1n) is 5.04. The number of carbonyl (C=O) groups is 2. The largest absolute Gasteiger partial charge is 0.468 e. The molecule has 0 aliphatic carbocycles.